The lowest BCUT2D eigenvalue weighted by Gasteiger charge is -2.30. The number of thioether (sulfide) groups is 1. The standard InChI is InChI=1S/C14H26N2O2S/c1-14(2,3)18-13(17)16-7-4-5-11(6-8-16)15-12-9-19-10-12/h11-12,15H,4-10H2,1-3H3. The van der Waals surface area contributed by atoms with Crippen LogP contribution in [0, 0.1) is 0 Å². The van der Waals surface area contributed by atoms with Gasteiger partial charge in [-0.05, 0) is 40.0 Å². The van der Waals surface area contributed by atoms with E-state index in [0.29, 0.717) is 12.1 Å². The maximum atomic E-state index is 12.0. The molecule has 2 aliphatic heterocycles. The minimum Gasteiger partial charge on any atom is -0.444 e. The van der Waals surface area contributed by atoms with Gasteiger partial charge in [-0.2, -0.15) is 11.8 Å². The summed E-state index contributed by atoms with van der Waals surface area (Å²) in [5.74, 6) is 2.48. The van der Waals surface area contributed by atoms with Crippen LogP contribution in [0.4, 0.5) is 4.79 Å². The molecule has 0 aromatic heterocycles. The van der Waals surface area contributed by atoms with Gasteiger partial charge in [0.15, 0.2) is 0 Å². The predicted molar refractivity (Wildman–Crippen MR) is 79.7 cm³/mol. The highest BCUT2D eigenvalue weighted by Crippen LogP contribution is 2.21. The summed E-state index contributed by atoms with van der Waals surface area (Å²) in [7, 11) is 0. The van der Waals surface area contributed by atoms with E-state index >= 15 is 0 Å². The maximum absolute atomic E-state index is 12.0. The number of nitrogens with one attached hydrogen (secondary N) is 1. The van der Waals surface area contributed by atoms with Gasteiger partial charge in [0, 0.05) is 36.7 Å². The number of amides is 1. The van der Waals surface area contributed by atoms with Gasteiger partial charge in [0.05, 0.1) is 0 Å². The second kappa shape index (κ2) is 6.35. The number of hydrogen-bond donors (Lipinski definition) is 1. The summed E-state index contributed by atoms with van der Waals surface area (Å²) in [5.41, 5.74) is -0.399. The molecular formula is C14H26N2O2S. The number of nitrogens with zero attached hydrogens (tertiary/aromatic N) is 1. The van der Waals surface area contributed by atoms with Gasteiger partial charge in [-0.3, -0.25) is 0 Å². The van der Waals surface area contributed by atoms with Crippen LogP contribution in [0.2, 0.25) is 0 Å². The number of carbonyl (C=O) groups excluding carboxylic acids is 1. The second-order valence-electron chi connectivity index (χ2n) is 6.50. The van der Waals surface area contributed by atoms with Crippen molar-refractivity contribution < 1.29 is 9.53 Å². The van der Waals surface area contributed by atoms with Crippen LogP contribution in [0.25, 0.3) is 0 Å². The molecule has 2 aliphatic rings. The molecule has 1 amide bonds. The Morgan fingerprint density at radius 3 is 2.53 bits per heavy atom. The van der Waals surface area contributed by atoms with E-state index in [1.165, 1.54) is 17.9 Å². The van der Waals surface area contributed by atoms with Crippen LogP contribution in [0.15, 0.2) is 0 Å². The van der Waals surface area contributed by atoms with E-state index < -0.39 is 5.60 Å². The van der Waals surface area contributed by atoms with Crippen LogP contribution >= 0.6 is 11.8 Å². The molecule has 4 nitrogen and oxygen atoms in total. The summed E-state index contributed by atoms with van der Waals surface area (Å²) in [5, 5.41) is 3.70. The van der Waals surface area contributed by atoms with Crippen LogP contribution in [-0.2, 0) is 4.74 Å². The molecular weight excluding hydrogens is 260 g/mol. The Kier molecular flexibility index (Phi) is 5.01. The average molecular weight is 286 g/mol. The molecule has 2 rings (SSSR count). The predicted octanol–water partition coefficient (Wildman–Crippen LogP) is 2.48. The third-order valence-electron chi connectivity index (χ3n) is 3.49. The normalized spacial score (nSPS) is 25.6. The van der Waals surface area contributed by atoms with E-state index in [4.69, 9.17) is 4.74 Å². The second-order valence-corrected chi connectivity index (χ2v) is 7.57. The molecule has 0 spiro atoms. The smallest absolute Gasteiger partial charge is 0.410 e. The Hall–Kier alpha value is -0.420. The minimum absolute atomic E-state index is 0.160. The van der Waals surface area contributed by atoms with Crippen molar-refractivity contribution in [2.24, 2.45) is 0 Å². The van der Waals surface area contributed by atoms with Crippen molar-refractivity contribution >= 4 is 17.9 Å². The van der Waals surface area contributed by atoms with Gasteiger partial charge in [0.1, 0.15) is 5.60 Å². The first-order valence-electron chi connectivity index (χ1n) is 7.26. The van der Waals surface area contributed by atoms with Gasteiger partial charge in [-0.25, -0.2) is 4.79 Å². The molecule has 2 heterocycles. The van der Waals surface area contributed by atoms with E-state index in [-0.39, 0.29) is 6.09 Å². The van der Waals surface area contributed by atoms with Gasteiger partial charge in [-0.1, -0.05) is 0 Å². The molecule has 1 N–H and O–H groups in total. The molecule has 0 aromatic rings. The third kappa shape index (κ3) is 4.88. The molecule has 0 aromatic carbocycles. The van der Waals surface area contributed by atoms with Gasteiger partial charge in [0.25, 0.3) is 0 Å². The van der Waals surface area contributed by atoms with Crippen molar-refractivity contribution in [1.82, 2.24) is 10.2 Å². The van der Waals surface area contributed by atoms with Crippen LogP contribution in [0.3, 0.4) is 0 Å². The first-order chi connectivity index (χ1) is 8.94. The lowest BCUT2D eigenvalue weighted by atomic mass is 10.1. The summed E-state index contributed by atoms with van der Waals surface area (Å²) in [6, 6.07) is 1.27. The summed E-state index contributed by atoms with van der Waals surface area (Å²) >= 11 is 2.00. The number of rotatable bonds is 2. The van der Waals surface area contributed by atoms with Crippen molar-refractivity contribution in [3.8, 4) is 0 Å². The summed E-state index contributed by atoms with van der Waals surface area (Å²) in [4.78, 5) is 13.9. The summed E-state index contributed by atoms with van der Waals surface area (Å²) in [6.45, 7) is 7.39. The van der Waals surface area contributed by atoms with Crippen LogP contribution < -0.4 is 5.32 Å². The van der Waals surface area contributed by atoms with Gasteiger partial charge in [-0.15, -0.1) is 0 Å². The molecule has 2 saturated heterocycles. The number of carbonyl (C=O) groups is 1. The molecule has 0 aliphatic carbocycles. The Morgan fingerprint density at radius 2 is 1.95 bits per heavy atom. The Bertz CT molecular complexity index is 313. The third-order valence-corrected chi connectivity index (χ3v) is 4.77. The average Bonchev–Trinajstić information content (AvgIpc) is 2.46. The largest absolute Gasteiger partial charge is 0.444 e. The quantitative estimate of drug-likeness (QED) is 0.847. The van der Waals surface area contributed by atoms with E-state index in [2.05, 4.69) is 5.32 Å². The molecule has 0 bridgehead atoms. The number of ether oxygens (including phenoxy) is 1. The highest BCUT2D eigenvalue weighted by molar-refractivity contribution is 8.00. The first-order valence-corrected chi connectivity index (χ1v) is 8.41. The summed E-state index contributed by atoms with van der Waals surface area (Å²) in [6.07, 6.45) is 3.12. The molecule has 19 heavy (non-hydrogen) atoms. The molecule has 0 radical (unpaired) electrons. The number of likely N-dealkylation sites (tertiary alicyclic amines) is 1. The molecule has 2 fully saturated rings. The number of hydrogen-bond acceptors (Lipinski definition) is 4. The lowest BCUT2D eigenvalue weighted by molar-refractivity contribution is 0.0256. The Balaban J connectivity index is 1.77. The maximum Gasteiger partial charge on any atom is 0.410 e. The van der Waals surface area contributed by atoms with Gasteiger partial charge >= 0.3 is 6.09 Å². The van der Waals surface area contributed by atoms with Crippen molar-refractivity contribution in [3.63, 3.8) is 0 Å². The minimum atomic E-state index is -0.399. The highest BCUT2D eigenvalue weighted by atomic mass is 32.2. The van der Waals surface area contributed by atoms with Crippen molar-refractivity contribution in [2.45, 2.75) is 57.7 Å². The fourth-order valence-electron chi connectivity index (χ4n) is 2.44. The zero-order chi connectivity index (χ0) is 13.9. The molecule has 1 unspecified atom stereocenters. The van der Waals surface area contributed by atoms with Crippen LogP contribution in [0.5, 0.6) is 0 Å². The monoisotopic (exact) mass is 286 g/mol. The molecule has 0 saturated carbocycles. The van der Waals surface area contributed by atoms with Crippen molar-refractivity contribution in [2.75, 3.05) is 24.6 Å². The molecule has 110 valence electrons. The van der Waals surface area contributed by atoms with E-state index in [0.717, 1.165) is 25.9 Å². The summed E-state index contributed by atoms with van der Waals surface area (Å²) < 4.78 is 5.44. The van der Waals surface area contributed by atoms with E-state index in [1.807, 2.05) is 37.4 Å². The first kappa shape index (κ1) is 15.0. The van der Waals surface area contributed by atoms with Crippen molar-refractivity contribution in [1.29, 1.82) is 0 Å². The van der Waals surface area contributed by atoms with Crippen LogP contribution in [-0.4, -0.2) is 53.3 Å². The van der Waals surface area contributed by atoms with E-state index in [9.17, 15) is 4.79 Å². The highest BCUT2D eigenvalue weighted by Gasteiger charge is 2.27. The van der Waals surface area contributed by atoms with Crippen LogP contribution in [0.1, 0.15) is 40.0 Å². The lowest BCUT2D eigenvalue weighted by Crippen LogP contribution is -2.46. The molecule has 5 heteroatoms. The zero-order valence-corrected chi connectivity index (χ0v) is 13.1. The fraction of sp³-hybridized carbons (Fsp3) is 0.929. The van der Waals surface area contributed by atoms with Crippen molar-refractivity contribution in [3.05, 3.63) is 0 Å². The van der Waals surface area contributed by atoms with E-state index in [1.54, 1.807) is 0 Å². The topological polar surface area (TPSA) is 41.6 Å². The molecule has 1 atom stereocenters. The fourth-order valence-corrected chi connectivity index (χ4v) is 3.10. The SMILES string of the molecule is CC(C)(C)OC(=O)N1CCCC(NC2CSC2)CC1. The van der Waals surface area contributed by atoms with Gasteiger partial charge in [0.2, 0.25) is 0 Å². The zero-order valence-electron chi connectivity index (χ0n) is 12.3. The Morgan fingerprint density at radius 1 is 1.21 bits per heavy atom. The van der Waals surface area contributed by atoms with Gasteiger partial charge < -0.3 is 15.0 Å². The Labute approximate surface area is 120 Å².